The lowest BCUT2D eigenvalue weighted by atomic mass is 10.1. The zero-order valence-electron chi connectivity index (χ0n) is 12.4. The number of halogens is 1. The molecule has 2 unspecified atom stereocenters. The van der Waals surface area contributed by atoms with Gasteiger partial charge in [-0.3, -0.25) is 9.69 Å². The van der Waals surface area contributed by atoms with Crippen molar-refractivity contribution in [2.45, 2.75) is 39.4 Å². The zero-order chi connectivity index (χ0) is 14.7. The molecule has 1 aliphatic rings. The van der Waals surface area contributed by atoms with Crippen molar-refractivity contribution in [3.05, 3.63) is 35.1 Å². The number of ether oxygens (including phenoxy) is 1. The number of nitrogens with zero attached hydrogens (tertiary/aromatic N) is 1. The fourth-order valence-corrected chi connectivity index (χ4v) is 2.64. The molecule has 0 aromatic heterocycles. The van der Waals surface area contributed by atoms with E-state index in [1.54, 1.807) is 19.1 Å². The number of morpholine rings is 1. The average molecular weight is 279 g/mol. The summed E-state index contributed by atoms with van der Waals surface area (Å²) in [6.07, 6.45) is 0.818. The van der Waals surface area contributed by atoms with E-state index in [1.165, 1.54) is 6.07 Å². The normalized spacial score (nSPS) is 23.8. The van der Waals surface area contributed by atoms with Crippen molar-refractivity contribution in [1.82, 2.24) is 4.90 Å². The molecule has 1 fully saturated rings. The van der Waals surface area contributed by atoms with Gasteiger partial charge in [0.1, 0.15) is 5.82 Å². The summed E-state index contributed by atoms with van der Waals surface area (Å²) in [6.45, 7) is 8.17. The Morgan fingerprint density at radius 2 is 2.00 bits per heavy atom. The monoisotopic (exact) mass is 279 g/mol. The molecule has 0 N–H and O–H groups in total. The molecule has 1 saturated heterocycles. The van der Waals surface area contributed by atoms with Crippen LogP contribution in [0.25, 0.3) is 0 Å². The first-order valence-corrected chi connectivity index (χ1v) is 7.13. The Labute approximate surface area is 119 Å². The topological polar surface area (TPSA) is 29.5 Å². The predicted octanol–water partition coefficient (Wildman–Crippen LogP) is 2.82. The maximum absolute atomic E-state index is 13.5. The van der Waals surface area contributed by atoms with Crippen LogP contribution in [0.3, 0.4) is 0 Å². The number of aryl methyl sites for hydroxylation is 1. The molecule has 4 heteroatoms. The molecule has 0 radical (unpaired) electrons. The van der Waals surface area contributed by atoms with Crippen LogP contribution < -0.4 is 0 Å². The van der Waals surface area contributed by atoms with Crippen LogP contribution >= 0.6 is 0 Å². The first-order chi connectivity index (χ1) is 9.45. The van der Waals surface area contributed by atoms with Gasteiger partial charge in [-0.05, 0) is 32.4 Å². The van der Waals surface area contributed by atoms with Gasteiger partial charge >= 0.3 is 0 Å². The average Bonchev–Trinajstić information content (AvgIpc) is 2.38. The van der Waals surface area contributed by atoms with Gasteiger partial charge in [-0.1, -0.05) is 12.1 Å². The van der Waals surface area contributed by atoms with Crippen molar-refractivity contribution >= 4 is 5.78 Å². The molecular formula is C16H22FNO2. The molecule has 0 aliphatic carbocycles. The minimum atomic E-state index is -0.315. The minimum Gasteiger partial charge on any atom is -0.373 e. The summed E-state index contributed by atoms with van der Waals surface area (Å²) in [7, 11) is 0. The molecule has 110 valence electrons. The van der Waals surface area contributed by atoms with E-state index in [2.05, 4.69) is 4.90 Å². The molecule has 1 aromatic carbocycles. The lowest BCUT2D eigenvalue weighted by Crippen LogP contribution is -2.46. The highest BCUT2D eigenvalue weighted by Gasteiger charge is 2.22. The Balaban J connectivity index is 1.90. The van der Waals surface area contributed by atoms with Crippen LogP contribution in [0.5, 0.6) is 0 Å². The number of carbonyl (C=O) groups is 1. The second kappa shape index (κ2) is 6.46. The molecular weight excluding hydrogens is 257 g/mol. The van der Waals surface area contributed by atoms with E-state index in [1.807, 2.05) is 13.8 Å². The molecule has 2 atom stereocenters. The smallest absolute Gasteiger partial charge is 0.164 e. The first-order valence-electron chi connectivity index (χ1n) is 7.13. The van der Waals surface area contributed by atoms with Crippen molar-refractivity contribution in [3.63, 3.8) is 0 Å². The molecule has 0 amide bonds. The van der Waals surface area contributed by atoms with Crippen molar-refractivity contribution in [2.24, 2.45) is 0 Å². The summed E-state index contributed by atoms with van der Waals surface area (Å²) in [5, 5.41) is 0. The van der Waals surface area contributed by atoms with Crippen LogP contribution in [-0.2, 0) is 4.74 Å². The molecule has 2 rings (SSSR count). The molecule has 1 heterocycles. The molecule has 0 bridgehead atoms. The third-order valence-electron chi connectivity index (χ3n) is 3.64. The van der Waals surface area contributed by atoms with Gasteiger partial charge in [-0.25, -0.2) is 4.39 Å². The fraction of sp³-hybridized carbons (Fsp3) is 0.562. The largest absolute Gasteiger partial charge is 0.373 e. The highest BCUT2D eigenvalue weighted by atomic mass is 19.1. The fourth-order valence-electron chi connectivity index (χ4n) is 2.64. The van der Waals surface area contributed by atoms with E-state index in [4.69, 9.17) is 4.74 Å². The number of hydrogen-bond acceptors (Lipinski definition) is 3. The molecule has 0 spiro atoms. The van der Waals surface area contributed by atoms with Gasteiger partial charge < -0.3 is 4.74 Å². The molecule has 1 aromatic rings. The van der Waals surface area contributed by atoms with Crippen LogP contribution in [0.15, 0.2) is 18.2 Å². The van der Waals surface area contributed by atoms with Gasteiger partial charge in [0.05, 0.1) is 12.2 Å². The second-order valence-electron chi connectivity index (χ2n) is 5.65. The summed E-state index contributed by atoms with van der Waals surface area (Å²) in [5.74, 6) is -0.319. The van der Waals surface area contributed by atoms with E-state index < -0.39 is 0 Å². The number of rotatable bonds is 4. The van der Waals surface area contributed by atoms with Gasteiger partial charge in [0.2, 0.25) is 0 Å². The summed E-state index contributed by atoms with van der Waals surface area (Å²) >= 11 is 0. The lowest BCUT2D eigenvalue weighted by molar-refractivity contribution is -0.0675. The molecule has 3 nitrogen and oxygen atoms in total. The van der Waals surface area contributed by atoms with Gasteiger partial charge in [0, 0.05) is 31.6 Å². The Bertz CT molecular complexity index is 479. The lowest BCUT2D eigenvalue weighted by Gasteiger charge is -2.35. The highest BCUT2D eigenvalue weighted by molar-refractivity contribution is 5.96. The van der Waals surface area contributed by atoms with Crippen molar-refractivity contribution in [3.8, 4) is 0 Å². The summed E-state index contributed by atoms with van der Waals surface area (Å²) < 4.78 is 19.1. The highest BCUT2D eigenvalue weighted by Crippen LogP contribution is 2.14. The Morgan fingerprint density at radius 3 is 2.60 bits per heavy atom. The molecule has 0 saturated carbocycles. The third-order valence-corrected chi connectivity index (χ3v) is 3.64. The van der Waals surface area contributed by atoms with Crippen LogP contribution in [0.4, 0.5) is 4.39 Å². The number of hydrogen-bond donors (Lipinski definition) is 0. The summed E-state index contributed by atoms with van der Waals surface area (Å²) in [6, 6.07) is 4.69. The van der Waals surface area contributed by atoms with E-state index >= 15 is 0 Å². The van der Waals surface area contributed by atoms with Crippen LogP contribution in [0, 0.1) is 12.7 Å². The van der Waals surface area contributed by atoms with Gasteiger partial charge in [-0.15, -0.1) is 0 Å². The molecule has 20 heavy (non-hydrogen) atoms. The van der Waals surface area contributed by atoms with Crippen molar-refractivity contribution in [1.29, 1.82) is 0 Å². The SMILES string of the molecule is Cc1ccc(C(=O)CCN2CC(C)OC(C)C2)cc1F. The number of Topliss-reactive ketones (excluding diaryl/α,β-unsaturated/α-hetero) is 1. The quantitative estimate of drug-likeness (QED) is 0.794. The third kappa shape index (κ3) is 3.87. The van der Waals surface area contributed by atoms with Crippen molar-refractivity contribution in [2.75, 3.05) is 19.6 Å². The van der Waals surface area contributed by atoms with Gasteiger partial charge in [-0.2, -0.15) is 0 Å². The van der Waals surface area contributed by atoms with Gasteiger partial charge in [0.25, 0.3) is 0 Å². The standard InChI is InChI=1S/C16H22FNO2/c1-11-4-5-14(8-15(11)17)16(19)6-7-18-9-12(2)20-13(3)10-18/h4-5,8,12-13H,6-7,9-10H2,1-3H3. The predicted molar refractivity (Wildman–Crippen MR) is 76.5 cm³/mol. The van der Waals surface area contributed by atoms with Gasteiger partial charge in [0.15, 0.2) is 5.78 Å². The maximum atomic E-state index is 13.5. The zero-order valence-corrected chi connectivity index (χ0v) is 12.4. The van der Waals surface area contributed by atoms with E-state index in [0.29, 0.717) is 24.1 Å². The van der Waals surface area contributed by atoms with E-state index in [-0.39, 0.29) is 23.8 Å². The number of benzene rings is 1. The summed E-state index contributed by atoms with van der Waals surface area (Å²) in [5.41, 5.74) is 1.03. The van der Waals surface area contributed by atoms with Crippen LogP contribution in [0.2, 0.25) is 0 Å². The number of carbonyl (C=O) groups excluding carboxylic acids is 1. The Morgan fingerprint density at radius 1 is 1.35 bits per heavy atom. The second-order valence-corrected chi connectivity index (χ2v) is 5.65. The summed E-state index contributed by atoms with van der Waals surface area (Å²) in [4.78, 5) is 14.3. The Hall–Kier alpha value is -1.26. The molecule has 1 aliphatic heterocycles. The first kappa shape index (κ1) is 15.1. The van der Waals surface area contributed by atoms with E-state index in [9.17, 15) is 9.18 Å². The van der Waals surface area contributed by atoms with Crippen LogP contribution in [-0.4, -0.2) is 42.5 Å². The number of ketones is 1. The van der Waals surface area contributed by atoms with E-state index in [0.717, 1.165) is 13.1 Å². The maximum Gasteiger partial charge on any atom is 0.164 e. The Kier molecular flexibility index (Phi) is 4.89. The van der Waals surface area contributed by atoms with Crippen molar-refractivity contribution < 1.29 is 13.9 Å². The minimum absolute atomic E-state index is 0.00398. The van der Waals surface area contributed by atoms with Crippen LogP contribution in [0.1, 0.15) is 36.2 Å².